The molecule has 1 unspecified atom stereocenters. The fourth-order valence-corrected chi connectivity index (χ4v) is 2.96. The van der Waals surface area contributed by atoms with Crippen molar-refractivity contribution in [3.63, 3.8) is 0 Å². The van der Waals surface area contributed by atoms with Gasteiger partial charge in [0.25, 0.3) is 5.91 Å². The molecule has 0 aliphatic heterocycles. The zero-order valence-electron chi connectivity index (χ0n) is 15.9. The first kappa shape index (κ1) is 21.3. The average molecular weight is 430 g/mol. The van der Waals surface area contributed by atoms with Gasteiger partial charge in [-0.1, -0.05) is 41.9 Å². The molecule has 0 saturated heterocycles. The molecule has 0 spiro atoms. The minimum absolute atomic E-state index is 0.154. The Morgan fingerprint density at radius 2 is 1.43 bits per heavy atom. The summed E-state index contributed by atoms with van der Waals surface area (Å²) in [5.41, 5.74) is 1.82. The molecule has 0 aliphatic carbocycles. The highest BCUT2D eigenvalue weighted by atomic mass is 35.5. The zero-order valence-corrected chi connectivity index (χ0v) is 16.6. The fourth-order valence-electron chi connectivity index (χ4n) is 2.72. The molecule has 0 radical (unpaired) electrons. The van der Waals surface area contributed by atoms with Gasteiger partial charge < -0.3 is 16.0 Å². The third kappa shape index (κ3) is 5.33. The number of carbonyl (C=O) groups excluding carboxylic acids is 2. The molecule has 154 valence electrons. The molecule has 3 aromatic carbocycles. The van der Waals surface area contributed by atoms with Crippen LogP contribution in [0.5, 0.6) is 0 Å². The number of carbonyl (C=O) groups is 2. The Balaban J connectivity index is 1.61. The van der Waals surface area contributed by atoms with Crippen LogP contribution in [0.25, 0.3) is 0 Å². The molecular weight excluding hydrogens is 412 g/mol. The summed E-state index contributed by atoms with van der Waals surface area (Å²) in [7, 11) is 0. The van der Waals surface area contributed by atoms with E-state index in [1.807, 2.05) is 18.2 Å². The van der Waals surface area contributed by atoms with Crippen molar-refractivity contribution in [2.45, 2.75) is 13.0 Å². The number of halogens is 3. The minimum Gasteiger partial charge on any atom is -0.345 e. The number of nitrogens with one attached hydrogen (secondary N) is 3. The maximum atomic E-state index is 13.4. The van der Waals surface area contributed by atoms with E-state index in [1.54, 1.807) is 43.3 Å². The second-order valence-corrected chi connectivity index (χ2v) is 6.92. The molecule has 30 heavy (non-hydrogen) atoms. The van der Waals surface area contributed by atoms with Crippen molar-refractivity contribution in [2.24, 2.45) is 0 Å². The van der Waals surface area contributed by atoms with E-state index in [0.29, 0.717) is 11.4 Å². The van der Waals surface area contributed by atoms with Gasteiger partial charge in [-0.25, -0.2) is 13.6 Å². The molecule has 3 aromatic rings. The molecule has 0 aromatic heterocycles. The number of anilines is 2. The highest BCUT2D eigenvalue weighted by Gasteiger charge is 2.17. The topological polar surface area (TPSA) is 70.2 Å². The van der Waals surface area contributed by atoms with Gasteiger partial charge in [0.05, 0.1) is 16.6 Å². The predicted molar refractivity (Wildman–Crippen MR) is 113 cm³/mol. The lowest BCUT2D eigenvalue weighted by Crippen LogP contribution is -2.27. The van der Waals surface area contributed by atoms with Crippen LogP contribution in [-0.2, 0) is 0 Å². The Labute approximate surface area is 177 Å². The molecule has 0 heterocycles. The van der Waals surface area contributed by atoms with E-state index in [-0.39, 0.29) is 16.6 Å². The number of hydrogen-bond acceptors (Lipinski definition) is 2. The van der Waals surface area contributed by atoms with Crippen LogP contribution in [0.4, 0.5) is 25.0 Å². The van der Waals surface area contributed by atoms with Gasteiger partial charge in [0.1, 0.15) is 0 Å². The van der Waals surface area contributed by atoms with Gasteiger partial charge in [0.15, 0.2) is 11.6 Å². The smallest absolute Gasteiger partial charge is 0.323 e. The lowest BCUT2D eigenvalue weighted by Gasteiger charge is -2.16. The van der Waals surface area contributed by atoms with Gasteiger partial charge in [-0.05, 0) is 48.9 Å². The Kier molecular flexibility index (Phi) is 6.64. The minimum atomic E-state index is -1.15. The standard InChI is InChI=1S/C22H18ClF2N3O2/c1-13(26-21(29)17-11-19(24)20(25)12-18(17)23)14-7-9-16(10-8-14)28-22(30)27-15-5-3-2-4-6-15/h2-13H,1H3,(H,26,29)(H2,27,28,30). The second-order valence-electron chi connectivity index (χ2n) is 6.51. The lowest BCUT2D eigenvalue weighted by atomic mass is 10.1. The van der Waals surface area contributed by atoms with Gasteiger partial charge in [-0.2, -0.15) is 0 Å². The van der Waals surface area contributed by atoms with E-state index in [1.165, 1.54) is 0 Å². The Morgan fingerprint density at radius 1 is 0.867 bits per heavy atom. The maximum Gasteiger partial charge on any atom is 0.323 e. The van der Waals surface area contributed by atoms with Crippen LogP contribution in [0.1, 0.15) is 28.9 Å². The van der Waals surface area contributed by atoms with Crippen molar-refractivity contribution in [1.82, 2.24) is 5.32 Å². The summed E-state index contributed by atoms with van der Waals surface area (Å²) >= 11 is 5.84. The van der Waals surface area contributed by atoms with Crippen LogP contribution in [0.15, 0.2) is 66.7 Å². The first-order valence-electron chi connectivity index (χ1n) is 9.02. The summed E-state index contributed by atoms with van der Waals surface area (Å²) in [5.74, 6) is -2.90. The van der Waals surface area contributed by atoms with Crippen molar-refractivity contribution in [2.75, 3.05) is 10.6 Å². The number of para-hydroxylation sites is 1. The van der Waals surface area contributed by atoms with Crippen molar-refractivity contribution < 1.29 is 18.4 Å². The van der Waals surface area contributed by atoms with Crippen LogP contribution < -0.4 is 16.0 Å². The number of hydrogen-bond donors (Lipinski definition) is 3. The normalized spacial score (nSPS) is 11.5. The highest BCUT2D eigenvalue weighted by molar-refractivity contribution is 6.33. The van der Waals surface area contributed by atoms with Gasteiger partial charge >= 0.3 is 6.03 Å². The molecule has 3 N–H and O–H groups in total. The maximum absolute atomic E-state index is 13.4. The predicted octanol–water partition coefficient (Wildman–Crippen LogP) is 5.75. The average Bonchev–Trinajstić information content (AvgIpc) is 2.71. The zero-order chi connectivity index (χ0) is 21.7. The second kappa shape index (κ2) is 9.37. The molecule has 1 atom stereocenters. The third-order valence-corrected chi connectivity index (χ3v) is 4.62. The number of benzene rings is 3. The summed E-state index contributed by atoms with van der Waals surface area (Å²) in [4.78, 5) is 24.4. The monoisotopic (exact) mass is 429 g/mol. The van der Waals surface area contributed by atoms with Crippen molar-refractivity contribution in [3.8, 4) is 0 Å². The molecule has 0 saturated carbocycles. The summed E-state index contributed by atoms with van der Waals surface area (Å²) in [6.07, 6.45) is 0. The van der Waals surface area contributed by atoms with Crippen molar-refractivity contribution >= 4 is 34.9 Å². The molecule has 0 bridgehead atoms. The van der Waals surface area contributed by atoms with E-state index in [2.05, 4.69) is 16.0 Å². The van der Waals surface area contributed by atoms with Crippen LogP contribution in [0.3, 0.4) is 0 Å². The molecule has 3 rings (SSSR count). The molecule has 0 fully saturated rings. The summed E-state index contributed by atoms with van der Waals surface area (Å²) in [6.45, 7) is 1.73. The Morgan fingerprint density at radius 3 is 2.07 bits per heavy atom. The number of rotatable bonds is 5. The van der Waals surface area contributed by atoms with E-state index in [9.17, 15) is 18.4 Å². The van der Waals surface area contributed by atoms with Crippen LogP contribution >= 0.6 is 11.6 Å². The Bertz CT molecular complexity index is 1060. The van der Waals surface area contributed by atoms with Crippen molar-refractivity contribution in [1.29, 1.82) is 0 Å². The largest absolute Gasteiger partial charge is 0.345 e. The SMILES string of the molecule is CC(NC(=O)c1cc(F)c(F)cc1Cl)c1ccc(NC(=O)Nc2ccccc2)cc1. The summed E-state index contributed by atoms with van der Waals surface area (Å²) < 4.78 is 26.6. The third-order valence-electron chi connectivity index (χ3n) is 4.30. The van der Waals surface area contributed by atoms with Crippen molar-refractivity contribution in [3.05, 3.63) is 94.5 Å². The van der Waals surface area contributed by atoms with Gasteiger partial charge in [0.2, 0.25) is 0 Å². The van der Waals surface area contributed by atoms with Crippen LogP contribution in [0, 0.1) is 11.6 Å². The highest BCUT2D eigenvalue weighted by Crippen LogP contribution is 2.22. The van der Waals surface area contributed by atoms with E-state index < -0.39 is 23.6 Å². The van der Waals surface area contributed by atoms with Gasteiger partial charge in [-0.3, -0.25) is 4.79 Å². The quantitative estimate of drug-likeness (QED) is 0.452. The Hall–Kier alpha value is -3.45. The molecule has 5 nitrogen and oxygen atoms in total. The summed E-state index contributed by atoms with van der Waals surface area (Å²) in [5, 5.41) is 7.92. The number of urea groups is 1. The summed E-state index contributed by atoms with van der Waals surface area (Å²) in [6, 6.07) is 16.6. The number of amides is 3. The molecule has 0 aliphatic rings. The van der Waals surface area contributed by atoms with Crippen LogP contribution in [0.2, 0.25) is 5.02 Å². The van der Waals surface area contributed by atoms with Gasteiger partial charge in [0, 0.05) is 11.4 Å². The van der Waals surface area contributed by atoms with E-state index >= 15 is 0 Å². The van der Waals surface area contributed by atoms with Crippen LogP contribution in [-0.4, -0.2) is 11.9 Å². The first-order valence-corrected chi connectivity index (χ1v) is 9.39. The molecular formula is C22H18ClF2N3O2. The lowest BCUT2D eigenvalue weighted by molar-refractivity contribution is 0.0939. The van der Waals surface area contributed by atoms with E-state index in [0.717, 1.165) is 17.7 Å². The van der Waals surface area contributed by atoms with Gasteiger partial charge in [-0.15, -0.1) is 0 Å². The van der Waals surface area contributed by atoms with E-state index in [4.69, 9.17) is 11.6 Å². The first-order chi connectivity index (χ1) is 14.3. The molecule has 8 heteroatoms. The fraction of sp³-hybridized carbons (Fsp3) is 0.0909. The molecule has 3 amide bonds.